The van der Waals surface area contributed by atoms with E-state index in [2.05, 4.69) is 52.2 Å². The Kier molecular flexibility index (Phi) is 7.55. The number of amides is 1. The molecule has 0 aromatic heterocycles. The molecule has 1 amide bonds. The molecule has 148 valence electrons. The number of carbonyl (C=O) groups is 1. The molecular formula is C21H28INO4. The lowest BCUT2D eigenvalue weighted by atomic mass is 9.80. The van der Waals surface area contributed by atoms with E-state index < -0.39 is 6.29 Å². The average molecular weight is 485 g/mol. The lowest BCUT2D eigenvalue weighted by Gasteiger charge is -2.37. The monoisotopic (exact) mass is 485 g/mol. The Balaban J connectivity index is 1.88. The first-order valence-electron chi connectivity index (χ1n) is 9.79. The maximum Gasteiger partial charge on any atom is 0.286 e. The first kappa shape index (κ1) is 20.6. The summed E-state index contributed by atoms with van der Waals surface area (Å²) in [6, 6.07) is 8.62. The molecule has 1 saturated carbocycles. The van der Waals surface area contributed by atoms with Crippen LogP contribution in [0.15, 0.2) is 36.1 Å². The van der Waals surface area contributed by atoms with Crippen molar-refractivity contribution in [3.05, 3.63) is 45.2 Å². The van der Waals surface area contributed by atoms with Crippen LogP contribution in [0.2, 0.25) is 0 Å². The van der Waals surface area contributed by atoms with Gasteiger partial charge in [0.15, 0.2) is 5.76 Å². The van der Waals surface area contributed by atoms with Crippen molar-refractivity contribution in [3.8, 4) is 0 Å². The largest absolute Gasteiger partial charge is 0.459 e. The van der Waals surface area contributed by atoms with Gasteiger partial charge in [-0.3, -0.25) is 4.79 Å². The summed E-state index contributed by atoms with van der Waals surface area (Å²) in [5.41, 5.74) is 1.14. The third-order valence-corrected chi connectivity index (χ3v) is 6.05. The maximum atomic E-state index is 12.7. The van der Waals surface area contributed by atoms with Gasteiger partial charge >= 0.3 is 0 Å². The van der Waals surface area contributed by atoms with Gasteiger partial charge in [-0.2, -0.15) is 0 Å². The van der Waals surface area contributed by atoms with E-state index in [9.17, 15) is 9.90 Å². The minimum Gasteiger partial charge on any atom is -0.459 e. The molecule has 6 heteroatoms. The number of ether oxygens (including phenoxy) is 2. The lowest BCUT2D eigenvalue weighted by molar-refractivity contribution is -0.167. The standard InChI is InChI=1S/C21H28INO4/c1-2-26-21-17(7-4-12-24)18(14-8-10-15(22)11-9-14)13-19(27-21)20(25)23-16-5-3-6-16/h8-11,13,16-18,21,24H,2-7,12H2,1H3,(H,23,25)/t17-,18-,21-/m0/s1. The van der Waals surface area contributed by atoms with E-state index in [1.165, 1.54) is 9.99 Å². The lowest BCUT2D eigenvalue weighted by Crippen LogP contribution is -2.43. The first-order chi connectivity index (χ1) is 13.1. The molecule has 2 aliphatic rings. The number of aliphatic hydroxyl groups is 1. The summed E-state index contributed by atoms with van der Waals surface area (Å²) in [5, 5.41) is 12.4. The molecule has 3 rings (SSSR count). The smallest absolute Gasteiger partial charge is 0.286 e. The van der Waals surface area contributed by atoms with Gasteiger partial charge in [-0.15, -0.1) is 0 Å². The van der Waals surface area contributed by atoms with Crippen LogP contribution in [0.5, 0.6) is 0 Å². The number of aliphatic hydroxyl groups excluding tert-OH is 1. The van der Waals surface area contributed by atoms with E-state index in [1.54, 1.807) is 0 Å². The first-order valence-corrected chi connectivity index (χ1v) is 10.9. The van der Waals surface area contributed by atoms with Gasteiger partial charge in [0.25, 0.3) is 5.91 Å². The number of nitrogens with one attached hydrogen (secondary N) is 1. The molecule has 1 aliphatic heterocycles. The second-order valence-electron chi connectivity index (χ2n) is 7.18. The van der Waals surface area contributed by atoms with E-state index >= 15 is 0 Å². The Bertz CT molecular complexity index is 657. The van der Waals surface area contributed by atoms with Gasteiger partial charge in [-0.05, 0) is 85.4 Å². The molecule has 1 aromatic carbocycles. The predicted molar refractivity (Wildman–Crippen MR) is 112 cm³/mol. The Morgan fingerprint density at radius 1 is 1.33 bits per heavy atom. The number of allylic oxidation sites excluding steroid dienone is 1. The fourth-order valence-corrected chi connectivity index (χ4v) is 4.00. The fourth-order valence-electron chi connectivity index (χ4n) is 3.64. The Hall–Kier alpha value is -1.12. The molecule has 2 N–H and O–H groups in total. The maximum absolute atomic E-state index is 12.7. The van der Waals surface area contributed by atoms with Crippen molar-refractivity contribution in [3.63, 3.8) is 0 Å². The number of hydrogen-bond acceptors (Lipinski definition) is 4. The minimum absolute atomic E-state index is 0.0148. The molecule has 1 aliphatic carbocycles. The normalized spacial score (nSPS) is 25.3. The fraction of sp³-hybridized carbons (Fsp3) is 0.571. The third kappa shape index (κ3) is 5.23. The summed E-state index contributed by atoms with van der Waals surface area (Å²) in [4.78, 5) is 12.7. The molecule has 27 heavy (non-hydrogen) atoms. The number of carbonyl (C=O) groups excluding carboxylic acids is 1. The van der Waals surface area contributed by atoms with Gasteiger partial charge in [-0.25, -0.2) is 0 Å². The summed E-state index contributed by atoms with van der Waals surface area (Å²) in [6.07, 6.45) is 6.13. The second-order valence-corrected chi connectivity index (χ2v) is 8.43. The summed E-state index contributed by atoms with van der Waals surface area (Å²) >= 11 is 2.29. The topological polar surface area (TPSA) is 67.8 Å². The third-order valence-electron chi connectivity index (χ3n) is 5.33. The quantitative estimate of drug-likeness (QED) is 0.552. The van der Waals surface area contributed by atoms with E-state index in [4.69, 9.17) is 9.47 Å². The number of benzene rings is 1. The zero-order valence-electron chi connectivity index (χ0n) is 15.7. The van der Waals surface area contributed by atoms with Crippen LogP contribution in [-0.4, -0.2) is 36.6 Å². The summed E-state index contributed by atoms with van der Waals surface area (Å²) in [6.45, 7) is 2.57. The molecule has 0 unspecified atom stereocenters. The molecule has 3 atom stereocenters. The molecular weight excluding hydrogens is 457 g/mol. The van der Waals surface area contributed by atoms with Crippen molar-refractivity contribution in [1.29, 1.82) is 0 Å². The van der Waals surface area contributed by atoms with Crippen LogP contribution in [-0.2, 0) is 14.3 Å². The van der Waals surface area contributed by atoms with E-state index in [0.717, 1.165) is 24.8 Å². The van der Waals surface area contributed by atoms with Gasteiger partial charge in [0.1, 0.15) is 0 Å². The average Bonchev–Trinajstić information content (AvgIpc) is 2.64. The summed E-state index contributed by atoms with van der Waals surface area (Å²) < 4.78 is 13.0. The van der Waals surface area contributed by atoms with Crippen molar-refractivity contribution < 1.29 is 19.4 Å². The second kappa shape index (κ2) is 9.89. The number of halogens is 1. The van der Waals surface area contributed by atoms with Crippen molar-refractivity contribution in [2.75, 3.05) is 13.2 Å². The van der Waals surface area contributed by atoms with Crippen LogP contribution in [0, 0.1) is 9.49 Å². The van der Waals surface area contributed by atoms with E-state index in [1.807, 2.05) is 13.0 Å². The zero-order valence-corrected chi connectivity index (χ0v) is 17.9. The van der Waals surface area contributed by atoms with Crippen LogP contribution >= 0.6 is 22.6 Å². The molecule has 5 nitrogen and oxygen atoms in total. The Labute approximate surface area is 174 Å². The molecule has 1 aromatic rings. The highest BCUT2D eigenvalue weighted by molar-refractivity contribution is 14.1. The number of rotatable bonds is 8. The van der Waals surface area contributed by atoms with Crippen molar-refractivity contribution >= 4 is 28.5 Å². The van der Waals surface area contributed by atoms with Crippen LogP contribution in [0.3, 0.4) is 0 Å². The minimum atomic E-state index is -0.488. The van der Waals surface area contributed by atoms with Gasteiger partial charge in [-0.1, -0.05) is 12.1 Å². The van der Waals surface area contributed by atoms with Crippen molar-refractivity contribution in [2.24, 2.45) is 5.92 Å². The van der Waals surface area contributed by atoms with Crippen molar-refractivity contribution in [2.45, 2.75) is 57.3 Å². The SMILES string of the molecule is CCO[C@H]1OC(C(=O)NC2CCC2)=C[C@@H](c2ccc(I)cc2)[C@@H]1CCCO. The van der Waals surface area contributed by atoms with Crippen molar-refractivity contribution in [1.82, 2.24) is 5.32 Å². The Morgan fingerprint density at radius 3 is 2.67 bits per heavy atom. The van der Waals surface area contributed by atoms with E-state index in [-0.39, 0.29) is 30.4 Å². The highest BCUT2D eigenvalue weighted by Gasteiger charge is 2.38. The number of hydrogen-bond donors (Lipinski definition) is 2. The molecule has 1 heterocycles. The van der Waals surface area contributed by atoms with Gasteiger partial charge in [0, 0.05) is 34.7 Å². The Morgan fingerprint density at radius 2 is 2.07 bits per heavy atom. The summed E-state index contributed by atoms with van der Waals surface area (Å²) in [5.74, 6) is 0.267. The molecule has 0 spiro atoms. The molecule has 0 bridgehead atoms. The van der Waals surface area contributed by atoms with Gasteiger partial charge < -0.3 is 19.9 Å². The summed E-state index contributed by atoms with van der Waals surface area (Å²) in [7, 11) is 0. The molecule has 0 radical (unpaired) electrons. The van der Waals surface area contributed by atoms with Gasteiger partial charge in [0.05, 0.1) is 0 Å². The highest BCUT2D eigenvalue weighted by atomic mass is 127. The van der Waals surface area contributed by atoms with Crippen LogP contribution in [0.25, 0.3) is 0 Å². The zero-order chi connectivity index (χ0) is 19.2. The van der Waals surface area contributed by atoms with Crippen LogP contribution in [0.4, 0.5) is 0 Å². The van der Waals surface area contributed by atoms with Gasteiger partial charge in [0.2, 0.25) is 6.29 Å². The molecule has 1 fully saturated rings. The predicted octanol–water partition coefficient (Wildman–Crippen LogP) is 3.71. The highest BCUT2D eigenvalue weighted by Crippen LogP contribution is 2.39. The van der Waals surface area contributed by atoms with Crippen LogP contribution in [0.1, 0.15) is 50.5 Å². The molecule has 0 saturated heterocycles. The van der Waals surface area contributed by atoms with Crippen LogP contribution < -0.4 is 5.32 Å². The van der Waals surface area contributed by atoms with E-state index in [0.29, 0.717) is 18.8 Å².